The van der Waals surface area contributed by atoms with Crippen LogP contribution in [0.15, 0.2) is 78.9 Å². The summed E-state index contributed by atoms with van der Waals surface area (Å²) in [6, 6.07) is 26.5. The molecular formula is C22H23NO. The van der Waals surface area contributed by atoms with Crippen molar-refractivity contribution in [1.29, 1.82) is 0 Å². The van der Waals surface area contributed by atoms with Crippen LogP contribution in [0.1, 0.15) is 24.0 Å². The number of aryl methyl sites for hydroxylation is 2. The molecule has 24 heavy (non-hydrogen) atoms. The maximum atomic E-state index is 5.82. The van der Waals surface area contributed by atoms with Crippen LogP contribution in [0.2, 0.25) is 0 Å². The summed E-state index contributed by atoms with van der Waals surface area (Å²) < 4.78 is 5.82. The minimum Gasteiger partial charge on any atom is -0.457 e. The Kier molecular flexibility index (Phi) is 5.52. The van der Waals surface area contributed by atoms with Gasteiger partial charge in [0.2, 0.25) is 0 Å². The minimum absolute atomic E-state index is 0.744. The molecule has 3 aromatic carbocycles. The number of nitrogens with two attached hydrogens (primary N) is 1. The number of nitrogen functional groups attached to an aromatic ring is 1. The molecule has 0 saturated heterocycles. The van der Waals surface area contributed by atoms with Gasteiger partial charge in [-0.3, -0.25) is 0 Å². The van der Waals surface area contributed by atoms with Crippen LogP contribution in [0.4, 0.5) is 5.69 Å². The monoisotopic (exact) mass is 317 g/mol. The maximum absolute atomic E-state index is 5.82. The molecular weight excluding hydrogens is 294 g/mol. The first-order chi connectivity index (χ1) is 11.8. The average Bonchev–Trinajstić information content (AvgIpc) is 2.63. The molecule has 0 aliphatic rings. The Hall–Kier alpha value is -2.74. The second kappa shape index (κ2) is 8.21. The largest absolute Gasteiger partial charge is 0.457 e. The lowest BCUT2D eigenvalue weighted by atomic mass is 10.0. The van der Waals surface area contributed by atoms with Gasteiger partial charge >= 0.3 is 0 Å². The Labute approximate surface area is 143 Å². The smallest absolute Gasteiger partial charge is 0.127 e. The first kappa shape index (κ1) is 16.1. The molecule has 0 saturated carbocycles. The zero-order chi connectivity index (χ0) is 16.6. The molecule has 122 valence electrons. The van der Waals surface area contributed by atoms with Crippen molar-refractivity contribution >= 4 is 5.69 Å². The molecule has 0 radical (unpaired) electrons. The summed E-state index contributed by atoms with van der Waals surface area (Å²) in [6.45, 7) is 0. The van der Waals surface area contributed by atoms with Crippen LogP contribution in [0.3, 0.4) is 0 Å². The van der Waals surface area contributed by atoms with Gasteiger partial charge in [-0.25, -0.2) is 0 Å². The molecule has 0 aliphatic heterocycles. The van der Waals surface area contributed by atoms with Crippen LogP contribution in [-0.4, -0.2) is 0 Å². The quantitative estimate of drug-likeness (QED) is 0.453. The third kappa shape index (κ3) is 4.88. The Morgan fingerprint density at radius 3 is 1.67 bits per heavy atom. The lowest BCUT2D eigenvalue weighted by Gasteiger charge is -2.07. The van der Waals surface area contributed by atoms with E-state index in [4.69, 9.17) is 10.5 Å². The second-order valence-electron chi connectivity index (χ2n) is 6.01. The predicted molar refractivity (Wildman–Crippen MR) is 100 cm³/mol. The molecule has 0 spiro atoms. The van der Waals surface area contributed by atoms with Crippen molar-refractivity contribution in [3.63, 3.8) is 0 Å². The van der Waals surface area contributed by atoms with Crippen molar-refractivity contribution in [3.8, 4) is 11.5 Å². The molecule has 2 heteroatoms. The summed E-state index contributed by atoms with van der Waals surface area (Å²) in [5.74, 6) is 1.66. The molecule has 3 rings (SSSR count). The number of benzene rings is 3. The van der Waals surface area contributed by atoms with Crippen molar-refractivity contribution in [2.24, 2.45) is 0 Å². The zero-order valence-corrected chi connectivity index (χ0v) is 13.8. The van der Waals surface area contributed by atoms with E-state index in [1.807, 2.05) is 36.4 Å². The van der Waals surface area contributed by atoms with E-state index < -0.39 is 0 Å². The van der Waals surface area contributed by atoms with E-state index >= 15 is 0 Å². The predicted octanol–water partition coefficient (Wildman–Crippen LogP) is 5.63. The summed E-state index contributed by atoms with van der Waals surface area (Å²) in [6.07, 6.45) is 4.68. The molecule has 2 N–H and O–H groups in total. The van der Waals surface area contributed by atoms with Gasteiger partial charge in [0.15, 0.2) is 0 Å². The van der Waals surface area contributed by atoms with Gasteiger partial charge in [-0.05, 0) is 73.2 Å². The fraction of sp³-hybridized carbons (Fsp3) is 0.182. The van der Waals surface area contributed by atoms with E-state index in [1.54, 1.807) is 0 Å². The van der Waals surface area contributed by atoms with Gasteiger partial charge in [0, 0.05) is 5.69 Å². The first-order valence-corrected chi connectivity index (χ1v) is 8.46. The number of hydrogen-bond acceptors (Lipinski definition) is 2. The van der Waals surface area contributed by atoms with Crippen molar-refractivity contribution in [2.75, 3.05) is 5.73 Å². The summed E-state index contributed by atoms with van der Waals surface area (Å²) in [5.41, 5.74) is 9.20. The Morgan fingerprint density at radius 1 is 0.583 bits per heavy atom. The Bertz CT molecular complexity index is 733. The van der Waals surface area contributed by atoms with Crippen LogP contribution in [0, 0.1) is 0 Å². The van der Waals surface area contributed by atoms with Gasteiger partial charge in [0.05, 0.1) is 0 Å². The second-order valence-corrected chi connectivity index (χ2v) is 6.01. The lowest BCUT2D eigenvalue weighted by molar-refractivity contribution is 0.482. The lowest BCUT2D eigenvalue weighted by Crippen LogP contribution is -1.90. The van der Waals surface area contributed by atoms with Gasteiger partial charge in [-0.1, -0.05) is 42.5 Å². The molecule has 0 heterocycles. The summed E-state index contributed by atoms with van der Waals surface area (Å²) >= 11 is 0. The summed E-state index contributed by atoms with van der Waals surface area (Å²) in [7, 11) is 0. The molecule has 3 aromatic rings. The average molecular weight is 317 g/mol. The summed E-state index contributed by atoms with van der Waals surface area (Å²) in [5, 5.41) is 0. The minimum atomic E-state index is 0.744. The highest BCUT2D eigenvalue weighted by Crippen LogP contribution is 2.23. The molecule has 0 atom stereocenters. The molecule has 0 unspecified atom stereocenters. The van der Waals surface area contributed by atoms with Crippen molar-refractivity contribution in [1.82, 2.24) is 0 Å². The number of unbranched alkanes of at least 4 members (excludes halogenated alkanes) is 1. The third-order valence-electron chi connectivity index (χ3n) is 4.06. The topological polar surface area (TPSA) is 35.2 Å². The number of ether oxygens (including phenoxy) is 1. The van der Waals surface area contributed by atoms with Gasteiger partial charge < -0.3 is 10.5 Å². The van der Waals surface area contributed by atoms with Crippen LogP contribution in [0.5, 0.6) is 11.5 Å². The van der Waals surface area contributed by atoms with Crippen LogP contribution < -0.4 is 10.5 Å². The fourth-order valence-corrected chi connectivity index (χ4v) is 2.70. The van der Waals surface area contributed by atoms with Crippen molar-refractivity contribution < 1.29 is 4.74 Å². The number of rotatable bonds is 7. The highest BCUT2D eigenvalue weighted by molar-refractivity contribution is 5.43. The van der Waals surface area contributed by atoms with Crippen LogP contribution in [0.25, 0.3) is 0 Å². The molecule has 0 amide bonds. The van der Waals surface area contributed by atoms with E-state index in [-0.39, 0.29) is 0 Å². The standard InChI is InChI=1S/C22H23NO/c23-20-12-16-22(17-13-20)24-21-14-10-19(11-15-21)9-5-4-8-18-6-2-1-3-7-18/h1-3,6-7,10-17H,4-5,8-9,23H2. The normalized spacial score (nSPS) is 10.5. The first-order valence-electron chi connectivity index (χ1n) is 8.46. The third-order valence-corrected chi connectivity index (χ3v) is 4.06. The van der Waals surface area contributed by atoms with Crippen LogP contribution in [-0.2, 0) is 12.8 Å². The SMILES string of the molecule is Nc1ccc(Oc2ccc(CCCCc3ccccc3)cc2)cc1. The summed E-state index contributed by atoms with van der Waals surface area (Å²) in [4.78, 5) is 0. The van der Waals surface area contributed by atoms with Crippen molar-refractivity contribution in [3.05, 3.63) is 90.0 Å². The van der Waals surface area contributed by atoms with E-state index in [0.717, 1.165) is 30.0 Å². The van der Waals surface area contributed by atoms with E-state index in [0.29, 0.717) is 0 Å². The van der Waals surface area contributed by atoms with Gasteiger partial charge in [0.1, 0.15) is 11.5 Å². The van der Waals surface area contributed by atoms with Gasteiger partial charge in [-0.2, -0.15) is 0 Å². The van der Waals surface area contributed by atoms with E-state index in [2.05, 4.69) is 42.5 Å². The Morgan fingerprint density at radius 2 is 1.08 bits per heavy atom. The number of anilines is 1. The van der Waals surface area contributed by atoms with E-state index in [9.17, 15) is 0 Å². The molecule has 0 aromatic heterocycles. The van der Waals surface area contributed by atoms with E-state index in [1.165, 1.54) is 24.0 Å². The number of hydrogen-bond donors (Lipinski definition) is 1. The molecule has 0 aliphatic carbocycles. The van der Waals surface area contributed by atoms with Crippen molar-refractivity contribution in [2.45, 2.75) is 25.7 Å². The Balaban J connectivity index is 1.45. The fourth-order valence-electron chi connectivity index (χ4n) is 2.70. The van der Waals surface area contributed by atoms with Gasteiger partial charge in [-0.15, -0.1) is 0 Å². The highest BCUT2D eigenvalue weighted by Gasteiger charge is 1.99. The molecule has 0 bridgehead atoms. The maximum Gasteiger partial charge on any atom is 0.127 e. The molecule has 0 fully saturated rings. The van der Waals surface area contributed by atoms with Gasteiger partial charge in [0.25, 0.3) is 0 Å². The van der Waals surface area contributed by atoms with Crippen LogP contribution >= 0.6 is 0 Å². The highest BCUT2D eigenvalue weighted by atomic mass is 16.5. The zero-order valence-electron chi connectivity index (χ0n) is 13.8. The molecule has 2 nitrogen and oxygen atoms in total.